The standard InChI is InChI=1S/C20H24N2O4/c1-25-17-9-8-16(12-18(17)26-2)14-22-19(23)10-11-21-20(24)13-15-6-4-3-5-7-15/h3-9,12H,10-11,13-14H2,1-2H3,(H,21,24)(H,22,23). The molecule has 0 aromatic heterocycles. The van der Waals surface area contributed by atoms with E-state index in [-0.39, 0.29) is 18.2 Å². The first kappa shape index (κ1) is 19.3. The molecule has 0 saturated heterocycles. The second-order valence-corrected chi connectivity index (χ2v) is 5.73. The Hall–Kier alpha value is -3.02. The van der Waals surface area contributed by atoms with Gasteiger partial charge in [0.05, 0.1) is 20.6 Å². The zero-order chi connectivity index (χ0) is 18.8. The molecule has 2 rings (SSSR count). The van der Waals surface area contributed by atoms with Gasteiger partial charge in [0.2, 0.25) is 11.8 Å². The van der Waals surface area contributed by atoms with E-state index in [2.05, 4.69) is 10.6 Å². The molecule has 0 aliphatic rings. The monoisotopic (exact) mass is 356 g/mol. The lowest BCUT2D eigenvalue weighted by atomic mass is 10.1. The molecule has 6 nitrogen and oxygen atoms in total. The van der Waals surface area contributed by atoms with E-state index in [0.29, 0.717) is 31.0 Å². The predicted octanol–water partition coefficient (Wildman–Crippen LogP) is 2.07. The van der Waals surface area contributed by atoms with Crippen LogP contribution in [0.3, 0.4) is 0 Å². The molecule has 138 valence electrons. The van der Waals surface area contributed by atoms with Crippen LogP contribution in [0.2, 0.25) is 0 Å². The third-order valence-electron chi connectivity index (χ3n) is 3.82. The maximum Gasteiger partial charge on any atom is 0.224 e. The van der Waals surface area contributed by atoms with Crippen LogP contribution in [-0.2, 0) is 22.6 Å². The number of rotatable bonds is 9. The van der Waals surface area contributed by atoms with Crippen LogP contribution in [0.15, 0.2) is 48.5 Å². The van der Waals surface area contributed by atoms with E-state index in [1.165, 1.54) is 0 Å². The molecule has 26 heavy (non-hydrogen) atoms. The molecular weight excluding hydrogens is 332 g/mol. The predicted molar refractivity (Wildman–Crippen MR) is 99.2 cm³/mol. The molecule has 0 radical (unpaired) electrons. The largest absolute Gasteiger partial charge is 0.493 e. The second-order valence-electron chi connectivity index (χ2n) is 5.73. The van der Waals surface area contributed by atoms with Crippen LogP contribution in [0.4, 0.5) is 0 Å². The van der Waals surface area contributed by atoms with E-state index >= 15 is 0 Å². The lowest BCUT2D eigenvalue weighted by Gasteiger charge is -2.10. The molecular formula is C20H24N2O4. The van der Waals surface area contributed by atoms with Crippen LogP contribution in [-0.4, -0.2) is 32.6 Å². The number of carbonyl (C=O) groups excluding carboxylic acids is 2. The highest BCUT2D eigenvalue weighted by molar-refractivity contribution is 5.80. The molecule has 0 heterocycles. The highest BCUT2D eigenvalue weighted by Gasteiger charge is 2.07. The fourth-order valence-corrected chi connectivity index (χ4v) is 2.44. The molecule has 2 amide bonds. The van der Waals surface area contributed by atoms with E-state index in [0.717, 1.165) is 11.1 Å². The number of hydrogen-bond donors (Lipinski definition) is 2. The van der Waals surface area contributed by atoms with Gasteiger partial charge in [0.1, 0.15) is 0 Å². The van der Waals surface area contributed by atoms with Crippen LogP contribution >= 0.6 is 0 Å². The van der Waals surface area contributed by atoms with E-state index in [1.807, 2.05) is 42.5 Å². The summed E-state index contributed by atoms with van der Waals surface area (Å²) in [5.41, 5.74) is 1.85. The SMILES string of the molecule is COc1ccc(CNC(=O)CCNC(=O)Cc2ccccc2)cc1OC. The van der Waals surface area contributed by atoms with Gasteiger partial charge in [0.15, 0.2) is 11.5 Å². The molecule has 0 bridgehead atoms. The summed E-state index contributed by atoms with van der Waals surface area (Å²) in [5.74, 6) is 1.04. The number of ether oxygens (including phenoxy) is 2. The second kappa shape index (κ2) is 10.1. The zero-order valence-electron chi connectivity index (χ0n) is 15.1. The normalized spacial score (nSPS) is 10.1. The van der Waals surface area contributed by atoms with Crippen LogP contribution in [0.5, 0.6) is 11.5 Å². The summed E-state index contributed by atoms with van der Waals surface area (Å²) in [4.78, 5) is 23.8. The average Bonchev–Trinajstić information content (AvgIpc) is 2.66. The smallest absolute Gasteiger partial charge is 0.224 e. The summed E-state index contributed by atoms with van der Waals surface area (Å²) in [6, 6.07) is 15.0. The zero-order valence-corrected chi connectivity index (χ0v) is 15.1. The first-order chi connectivity index (χ1) is 12.6. The van der Waals surface area contributed by atoms with Crippen molar-refractivity contribution in [3.8, 4) is 11.5 Å². The first-order valence-electron chi connectivity index (χ1n) is 8.40. The Labute approximate surface area is 153 Å². The fraction of sp³-hybridized carbons (Fsp3) is 0.300. The molecule has 2 aromatic rings. The number of methoxy groups -OCH3 is 2. The molecule has 0 unspecified atom stereocenters. The summed E-state index contributed by atoms with van der Waals surface area (Å²) in [7, 11) is 3.14. The van der Waals surface area contributed by atoms with Gasteiger partial charge in [-0.1, -0.05) is 36.4 Å². The van der Waals surface area contributed by atoms with E-state index in [9.17, 15) is 9.59 Å². The van der Waals surface area contributed by atoms with Crippen molar-refractivity contribution in [2.45, 2.75) is 19.4 Å². The van der Waals surface area contributed by atoms with E-state index < -0.39 is 0 Å². The summed E-state index contributed by atoms with van der Waals surface area (Å²) in [6.45, 7) is 0.695. The minimum absolute atomic E-state index is 0.0936. The van der Waals surface area contributed by atoms with Gasteiger partial charge in [-0.25, -0.2) is 0 Å². The molecule has 0 atom stereocenters. The van der Waals surface area contributed by atoms with Gasteiger partial charge in [-0.3, -0.25) is 9.59 Å². The molecule has 0 spiro atoms. The van der Waals surface area contributed by atoms with Crippen LogP contribution in [0.25, 0.3) is 0 Å². The third-order valence-corrected chi connectivity index (χ3v) is 3.82. The van der Waals surface area contributed by atoms with Crippen molar-refractivity contribution in [2.24, 2.45) is 0 Å². The van der Waals surface area contributed by atoms with Gasteiger partial charge < -0.3 is 20.1 Å². The van der Waals surface area contributed by atoms with Crippen molar-refractivity contribution in [3.05, 3.63) is 59.7 Å². The summed E-state index contributed by atoms with van der Waals surface area (Å²) < 4.78 is 10.4. The third kappa shape index (κ3) is 6.12. The summed E-state index contributed by atoms with van der Waals surface area (Å²) in [5, 5.41) is 5.58. The van der Waals surface area contributed by atoms with Crippen molar-refractivity contribution in [2.75, 3.05) is 20.8 Å². The van der Waals surface area contributed by atoms with Crippen molar-refractivity contribution in [3.63, 3.8) is 0 Å². The van der Waals surface area contributed by atoms with Crippen molar-refractivity contribution in [1.82, 2.24) is 10.6 Å². The Kier molecular flexibility index (Phi) is 7.49. The van der Waals surface area contributed by atoms with E-state index in [4.69, 9.17) is 9.47 Å². The Bertz CT molecular complexity index is 732. The minimum Gasteiger partial charge on any atom is -0.493 e. The van der Waals surface area contributed by atoms with Crippen molar-refractivity contribution < 1.29 is 19.1 Å². The average molecular weight is 356 g/mol. The number of carbonyl (C=O) groups is 2. The molecule has 0 aliphatic heterocycles. The van der Waals surface area contributed by atoms with Gasteiger partial charge in [-0.05, 0) is 23.3 Å². The first-order valence-corrected chi connectivity index (χ1v) is 8.40. The molecule has 6 heteroatoms. The fourth-order valence-electron chi connectivity index (χ4n) is 2.44. The van der Waals surface area contributed by atoms with Gasteiger partial charge in [0.25, 0.3) is 0 Å². The highest BCUT2D eigenvalue weighted by Crippen LogP contribution is 2.27. The summed E-state index contributed by atoms with van der Waals surface area (Å²) >= 11 is 0. The Balaban J connectivity index is 1.70. The lowest BCUT2D eigenvalue weighted by molar-refractivity contribution is -0.122. The number of hydrogen-bond acceptors (Lipinski definition) is 4. The summed E-state index contributed by atoms with van der Waals surface area (Å²) in [6.07, 6.45) is 0.544. The maximum absolute atomic E-state index is 11.9. The number of amides is 2. The van der Waals surface area contributed by atoms with Gasteiger partial charge in [0, 0.05) is 19.5 Å². The Morgan fingerprint density at radius 1 is 0.846 bits per heavy atom. The van der Waals surface area contributed by atoms with Gasteiger partial charge >= 0.3 is 0 Å². The van der Waals surface area contributed by atoms with Crippen molar-refractivity contribution in [1.29, 1.82) is 0 Å². The molecule has 0 fully saturated rings. The van der Waals surface area contributed by atoms with Gasteiger partial charge in [-0.15, -0.1) is 0 Å². The Morgan fingerprint density at radius 3 is 2.27 bits per heavy atom. The lowest BCUT2D eigenvalue weighted by Crippen LogP contribution is -2.31. The molecule has 2 N–H and O–H groups in total. The van der Waals surface area contributed by atoms with Crippen molar-refractivity contribution >= 4 is 11.8 Å². The van der Waals surface area contributed by atoms with Gasteiger partial charge in [-0.2, -0.15) is 0 Å². The van der Waals surface area contributed by atoms with Crippen LogP contribution in [0.1, 0.15) is 17.5 Å². The van der Waals surface area contributed by atoms with Crippen LogP contribution in [0, 0.1) is 0 Å². The topological polar surface area (TPSA) is 76.7 Å². The minimum atomic E-state index is -0.125. The molecule has 0 saturated carbocycles. The maximum atomic E-state index is 11.9. The Morgan fingerprint density at radius 2 is 1.58 bits per heavy atom. The molecule has 2 aromatic carbocycles. The molecule has 0 aliphatic carbocycles. The quantitative estimate of drug-likeness (QED) is 0.721. The number of benzene rings is 2. The van der Waals surface area contributed by atoms with E-state index in [1.54, 1.807) is 20.3 Å². The highest BCUT2D eigenvalue weighted by atomic mass is 16.5. The van der Waals surface area contributed by atoms with Crippen LogP contribution < -0.4 is 20.1 Å². The number of nitrogens with one attached hydrogen (secondary N) is 2.